The van der Waals surface area contributed by atoms with E-state index in [-0.39, 0.29) is 19.1 Å². The number of anilines is 1. The maximum Gasteiger partial charge on any atom is 0.412 e. The highest BCUT2D eigenvalue weighted by Gasteiger charge is 2.30. The van der Waals surface area contributed by atoms with Crippen LogP contribution < -0.4 is 5.32 Å². The maximum absolute atomic E-state index is 12.5. The van der Waals surface area contributed by atoms with Gasteiger partial charge in [-0.2, -0.15) is 0 Å². The molecule has 1 N–H and O–H groups in total. The molecule has 160 valence electrons. The van der Waals surface area contributed by atoms with Gasteiger partial charge in [0.15, 0.2) is 0 Å². The molecule has 0 aromatic carbocycles. The number of thiophene rings is 1. The molecule has 2 aliphatic rings. The largest absolute Gasteiger partial charge is 0.462 e. The molecule has 29 heavy (non-hydrogen) atoms. The Bertz CT molecular complexity index is 759. The molecule has 1 aromatic heterocycles. The van der Waals surface area contributed by atoms with E-state index in [0.717, 1.165) is 23.5 Å². The fourth-order valence-corrected chi connectivity index (χ4v) is 4.64. The Morgan fingerprint density at radius 3 is 2.62 bits per heavy atom. The molecule has 1 saturated heterocycles. The third kappa shape index (κ3) is 5.46. The van der Waals surface area contributed by atoms with Gasteiger partial charge in [-0.1, -0.05) is 0 Å². The van der Waals surface area contributed by atoms with Gasteiger partial charge in [-0.25, -0.2) is 9.59 Å². The molecule has 9 nitrogen and oxygen atoms in total. The topological polar surface area (TPSA) is 97.4 Å². The number of ether oxygens (including phenoxy) is 3. The zero-order valence-corrected chi connectivity index (χ0v) is 17.6. The van der Waals surface area contributed by atoms with E-state index in [4.69, 9.17) is 14.2 Å². The third-order valence-electron chi connectivity index (χ3n) is 4.94. The molecule has 0 atom stereocenters. The Morgan fingerprint density at radius 2 is 1.93 bits per heavy atom. The average Bonchev–Trinajstić information content (AvgIpc) is 3.05. The SMILES string of the molecule is CCOC(=O)c1c(NC(=O)OCCN2CCOCC2)sc2c1CCN(C(C)=O)C2. The van der Waals surface area contributed by atoms with Crippen molar-refractivity contribution >= 4 is 34.3 Å². The smallest absolute Gasteiger partial charge is 0.412 e. The highest BCUT2D eigenvalue weighted by Crippen LogP contribution is 2.37. The number of carbonyl (C=O) groups excluding carboxylic acids is 3. The van der Waals surface area contributed by atoms with E-state index < -0.39 is 12.1 Å². The summed E-state index contributed by atoms with van der Waals surface area (Å²) in [7, 11) is 0. The molecular formula is C19H27N3O6S. The Labute approximate surface area is 173 Å². The number of rotatable bonds is 6. The Kier molecular flexibility index (Phi) is 7.45. The van der Waals surface area contributed by atoms with Gasteiger partial charge >= 0.3 is 12.1 Å². The fourth-order valence-electron chi connectivity index (χ4n) is 3.40. The summed E-state index contributed by atoms with van der Waals surface area (Å²) < 4.78 is 15.8. The molecule has 2 amide bonds. The summed E-state index contributed by atoms with van der Waals surface area (Å²) >= 11 is 1.29. The van der Waals surface area contributed by atoms with Crippen LogP contribution in [0.2, 0.25) is 0 Å². The van der Waals surface area contributed by atoms with Crippen molar-refractivity contribution in [3.8, 4) is 0 Å². The van der Waals surface area contributed by atoms with Crippen molar-refractivity contribution < 1.29 is 28.6 Å². The van der Waals surface area contributed by atoms with Crippen molar-refractivity contribution in [2.45, 2.75) is 26.8 Å². The zero-order valence-electron chi connectivity index (χ0n) is 16.8. The van der Waals surface area contributed by atoms with Crippen LogP contribution in [-0.4, -0.2) is 80.4 Å². The highest BCUT2D eigenvalue weighted by molar-refractivity contribution is 7.17. The van der Waals surface area contributed by atoms with Crippen LogP contribution >= 0.6 is 11.3 Å². The molecule has 10 heteroatoms. The number of esters is 1. The standard InChI is InChI=1S/C19H27N3O6S/c1-3-27-18(24)16-14-4-5-22(13(2)23)12-15(14)29-17(16)20-19(25)28-11-8-21-6-9-26-10-7-21/h3-12H2,1-2H3,(H,20,25). The van der Waals surface area contributed by atoms with Gasteiger partial charge in [-0.3, -0.25) is 15.0 Å². The minimum absolute atomic E-state index is 0.0150. The Balaban J connectivity index is 1.66. The summed E-state index contributed by atoms with van der Waals surface area (Å²) in [4.78, 5) is 41.3. The predicted molar refractivity (Wildman–Crippen MR) is 107 cm³/mol. The first kappa shape index (κ1) is 21.5. The first-order chi connectivity index (χ1) is 14.0. The van der Waals surface area contributed by atoms with Gasteiger partial charge in [0, 0.05) is 38.0 Å². The lowest BCUT2D eigenvalue weighted by Crippen LogP contribution is -2.38. The number of nitrogens with one attached hydrogen (secondary N) is 1. The zero-order chi connectivity index (χ0) is 20.8. The van der Waals surface area contributed by atoms with Gasteiger partial charge in [0.25, 0.3) is 0 Å². The number of morpholine rings is 1. The molecule has 0 bridgehead atoms. The average molecular weight is 426 g/mol. The van der Waals surface area contributed by atoms with Crippen molar-refractivity contribution in [2.75, 3.05) is 57.9 Å². The monoisotopic (exact) mass is 425 g/mol. The molecule has 0 aliphatic carbocycles. The lowest BCUT2D eigenvalue weighted by atomic mass is 10.0. The van der Waals surface area contributed by atoms with Crippen LogP contribution in [0, 0.1) is 0 Å². The van der Waals surface area contributed by atoms with E-state index in [1.165, 1.54) is 18.3 Å². The third-order valence-corrected chi connectivity index (χ3v) is 6.07. The van der Waals surface area contributed by atoms with E-state index in [2.05, 4.69) is 10.2 Å². The van der Waals surface area contributed by atoms with Crippen LogP contribution in [0.3, 0.4) is 0 Å². The molecule has 0 spiro atoms. The molecular weight excluding hydrogens is 398 g/mol. The van der Waals surface area contributed by atoms with Crippen molar-refractivity contribution in [2.24, 2.45) is 0 Å². The molecule has 0 radical (unpaired) electrons. The minimum Gasteiger partial charge on any atom is -0.462 e. The number of hydrogen-bond acceptors (Lipinski definition) is 8. The molecule has 2 aliphatic heterocycles. The van der Waals surface area contributed by atoms with Crippen LogP contribution in [0.5, 0.6) is 0 Å². The lowest BCUT2D eigenvalue weighted by molar-refractivity contribution is -0.129. The second-order valence-electron chi connectivity index (χ2n) is 6.83. The van der Waals surface area contributed by atoms with E-state index in [9.17, 15) is 14.4 Å². The molecule has 3 heterocycles. The lowest BCUT2D eigenvalue weighted by Gasteiger charge is -2.26. The number of nitrogens with zero attached hydrogens (tertiary/aromatic N) is 2. The predicted octanol–water partition coefficient (Wildman–Crippen LogP) is 1.71. The molecule has 0 unspecified atom stereocenters. The number of carbonyl (C=O) groups is 3. The molecule has 1 aromatic rings. The van der Waals surface area contributed by atoms with Gasteiger partial charge in [0.05, 0.1) is 31.9 Å². The van der Waals surface area contributed by atoms with E-state index in [1.807, 2.05) is 0 Å². The quantitative estimate of drug-likeness (QED) is 0.693. The van der Waals surface area contributed by atoms with E-state index in [0.29, 0.717) is 49.8 Å². The van der Waals surface area contributed by atoms with Crippen LogP contribution in [0.4, 0.5) is 9.80 Å². The van der Waals surface area contributed by atoms with Crippen LogP contribution in [0.1, 0.15) is 34.6 Å². The van der Waals surface area contributed by atoms with Crippen molar-refractivity contribution in [3.63, 3.8) is 0 Å². The number of amides is 2. The Hall–Kier alpha value is -2.17. The first-order valence-electron chi connectivity index (χ1n) is 9.80. The van der Waals surface area contributed by atoms with E-state index >= 15 is 0 Å². The molecule has 1 fully saturated rings. The minimum atomic E-state index is -0.606. The Morgan fingerprint density at radius 1 is 1.17 bits per heavy atom. The summed E-state index contributed by atoms with van der Waals surface area (Å²) in [5, 5.41) is 3.11. The van der Waals surface area contributed by atoms with Gasteiger partial charge in [0.1, 0.15) is 11.6 Å². The van der Waals surface area contributed by atoms with Crippen LogP contribution in [0.25, 0.3) is 0 Å². The van der Waals surface area contributed by atoms with Gasteiger partial charge in [-0.15, -0.1) is 11.3 Å². The van der Waals surface area contributed by atoms with Crippen molar-refractivity contribution in [1.29, 1.82) is 0 Å². The van der Waals surface area contributed by atoms with Crippen LogP contribution in [0.15, 0.2) is 0 Å². The van der Waals surface area contributed by atoms with E-state index in [1.54, 1.807) is 11.8 Å². The van der Waals surface area contributed by atoms with Gasteiger partial charge in [-0.05, 0) is 18.9 Å². The summed E-state index contributed by atoms with van der Waals surface area (Å²) in [6.45, 7) is 8.37. The molecule has 0 saturated carbocycles. The fraction of sp³-hybridized carbons (Fsp3) is 0.632. The van der Waals surface area contributed by atoms with Gasteiger partial charge < -0.3 is 19.1 Å². The summed E-state index contributed by atoms with van der Waals surface area (Å²) in [5.41, 5.74) is 1.22. The normalized spacial score (nSPS) is 16.8. The summed E-state index contributed by atoms with van der Waals surface area (Å²) in [6, 6.07) is 0. The maximum atomic E-state index is 12.5. The summed E-state index contributed by atoms with van der Waals surface area (Å²) in [5.74, 6) is -0.483. The molecule has 3 rings (SSSR count). The van der Waals surface area contributed by atoms with Crippen molar-refractivity contribution in [3.05, 3.63) is 16.0 Å². The second kappa shape index (κ2) is 10.0. The van der Waals surface area contributed by atoms with Crippen molar-refractivity contribution in [1.82, 2.24) is 9.80 Å². The summed E-state index contributed by atoms with van der Waals surface area (Å²) in [6.07, 6.45) is -0.0568. The van der Waals surface area contributed by atoms with Gasteiger partial charge in [0.2, 0.25) is 5.91 Å². The highest BCUT2D eigenvalue weighted by atomic mass is 32.1. The second-order valence-corrected chi connectivity index (χ2v) is 7.94. The number of hydrogen-bond donors (Lipinski definition) is 1. The number of fused-ring (bicyclic) bond motifs is 1. The van der Waals surface area contributed by atoms with Crippen LogP contribution in [-0.2, 0) is 32.0 Å². The first-order valence-corrected chi connectivity index (χ1v) is 10.6.